The van der Waals surface area contributed by atoms with Crippen LogP contribution in [0.5, 0.6) is 0 Å². The van der Waals surface area contributed by atoms with E-state index in [1.54, 1.807) is 0 Å². The smallest absolute Gasteiger partial charge is 0.0874 e. The number of likely N-dealkylation sites (N-methyl/N-ethyl adjacent to an activating group) is 1. The van der Waals surface area contributed by atoms with Gasteiger partial charge in [-0.25, -0.2) is 0 Å². The van der Waals surface area contributed by atoms with Gasteiger partial charge in [0.15, 0.2) is 0 Å². The number of rotatable bonds is 4. The van der Waals surface area contributed by atoms with Crippen molar-refractivity contribution < 1.29 is 4.74 Å². The van der Waals surface area contributed by atoms with Gasteiger partial charge in [-0.1, -0.05) is 30.3 Å². The number of nitrogens with zero attached hydrogens (tertiary/aromatic N) is 1. The molecule has 18 heavy (non-hydrogen) atoms. The SMILES string of the molecule is CC(C)OC1C/C(=C\CN(C)C)c2ccccc21. The first-order chi connectivity index (χ1) is 8.58. The predicted molar refractivity (Wildman–Crippen MR) is 76.6 cm³/mol. The molecule has 0 spiro atoms. The molecule has 1 aliphatic rings. The Labute approximate surface area is 110 Å². The molecule has 0 saturated heterocycles. The Morgan fingerprint density at radius 3 is 2.72 bits per heavy atom. The molecule has 0 radical (unpaired) electrons. The maximum Gasteiger partial charge on any atom is 0.0874 e. The number of ether oxygens (including phenoxy) is 1. The van der Waals surface area contributed by atoms with Crippen molar-refractivity contribution in [3.05, 3.63) is 41.5 Å². The Kier molecular flexibility index (Phi) is 4.20. The van der Waals surface area contributed by atoms with Crippen molar-refractivity contribution in [2.24, 2.45) is 0 Å². The molecule has 0 saturated carbocycles. The molecule has 0 N–H and O–H groups in total. The minimum Gasteiger partial charge on any atom is -0.371 e. The second-order valence-corrected chi connectivity index (χ2v) is 5.46. The fourth-order valence-corrected chi connectivity index (χ4v) is 2.43. The number of benzene rings is 1. The van der Waals surface area contributed by atoms with Gasteiger partial charge in [0.2, 0.25) is 0 Å². The van der Waals surface area contributed by atoms with Gasteiger partial charge in [0.1, 0.15) is 0 Å². The van der Waals surface area contributed by atoms with Crippen LogP contribution in [0, 0.1) is 0 Å². The Morgan fingerprint density at radius 2 is 2.06 bits per heavy atom. The number of fused-ring (bicyclic) bond motifs is 1. The molecule has 2 rings (SSSR count). The molecule has 1 aromatic carbocycles. The van der Waals surface area contributed by atoms with Crippen molar-refractivity contribution in [2.45, 2.75) is 32.5 Å². The molecule has 1 atom stereocenters. The van der Waals surface area contributed by atoms with Crippen LogP contribution < -0.4 is 0 Å². The minimum absolute atomic E-state index is 0.231. The predicted octanol–water partition coefficient (Wildman–Crippen LogP) is 3.50. The number of hydrogen-bond acceptors (Lipinski definition) is 2. The van der Waals surface area contributed by atoms with Crippen molar-refractivity contribution in [3.63, 3.8) is 0 Å². The molecule has 0 fully saturated rings. The highest BCUT2D eigenvalue weighted by Gasteiger charge is 2.27. The van der Waals surface area contributed by atoms with Crippen LogP contribution in [0.15, 0.2) is 30.3 Å². The molecule has 0 amide bonds. The van der Waals surface area contributed by atoms with E-state index in [1.165, 1.54) is 16.7 Å². The summed E-state index contributed by atoms with van der Waals surface area (Å²) in [7, 11) is 4.19. The second-order valence-electron chi connectivity index (χ2n) is 5.46. The van der Waals surface area contributed by atoms with Gasteiger partial charge in [0, 0.05) is 13.0 Å². The van der Waals surface area contributed by atoms with Crippen LogP contribution in [0.2, 0.25) is 0 Å². The third-order valence-corrected chi connectivity index (χ3v) is 3.20. The summed E-state index contributed by atoms with van der Waals surface area (Å²) in [5.74, 6) is 0. The highest BCUT2D eigenvalue weighted by Crippen LogP contribution is 2.41. The van der Waals surface area contributed by atoms with E-state index in [4.69, 9.17) is 4.74 Å². The third kappa shape index (κ3) is 3.01. The summed E-state index contributed by atoms with van der Waals surface area (Å²) in [6.45, 7) is 5.19. The average Bonchev–Trinajstić information content (AvgIpc) is 2.65. The van der Waals surface area contributed by atoms with Gasteiger partial charge < -0.3 is 9.64 Å². The lowest BCUT2D eigenvalue weighted by molar-refractivity contribution is 0.0128. The molecule has 1 aliphatic carbocycles. The molecule has 0 aliphatic heterocycles. The van der Waals surface area contributed by atoms with E-state index < -0.39 is 0 Å². The van der Waals surface area contributed by atoms with Crippen molar-refractivity contribution >= 4 is 5.57 Å². The van der Waals surface area contributed by atoms with E-state index in [1.807, 2.05) is 0 Å². The lowest BCUT2D eigenvalue weighted by atomic mass is 10.1. The fraction of sp³-hybridized carbons (Fsp3) is 0.500. The molecule has 2 nitrogen and oxygen atoms in total. The Morgan fingerprint density at radius 1 is 1.33 bits per heavy atom. The highest BCUT2D eigenvalue weighted by atomic mass is 16.5. The highest BCUT2D eigenvalue weighted by molar-refractivity contribution is 5.73. The van der Waals surface area contributed by atoms with E-state index in [-0.39, 0.29) is 12.2 Å². The van der Waals surface area contributed by atoms with Crippen molar-refractivity contribution in [1.29, 1.82) is 0 Å². The summed E-state index contributed by atoms with van der Waals surface area (Å²) in [6.07, 6.45) is 3.83. The van der Waals surface area contributed by atoms with E-state index in [9.17, 15) is 0 Å². The van der Waals surface area contributed by atoms with Gasteiger partial charge in [-0.2, -0.15) is 0 Å². The maximum absolute atomic E-state index is 6.02. The molecule has 1 aromatic rings. The summed E-state index contributed by atoms with van der Waals surface area (Å²) in [6, 6.07) is 8.61. The lowest BCUT2D eigenvalue weighted by Gasteiger charge is -2.15. The zero-order valence-electron chi connectivity index (χ0n) is 11.8. The first-order valence-corrected chi connectivity index (χ1v) is 6.66. The van der Waals surface area contributed by atoms with Gasteiger partial charge in [-0.05, 0) is 44.6 Å². The van der Waals surface area contributed by atoms with Crippen LogP contribution in [0.4, 0.5) is 0 Å². The fourth-order valence-electron chi connectivity index (χ4n) is 2.43. The van der Waals surface area contributed by atoms with Crippen LogP contribution in [0.1, 0.15) is 37.5 Å². The standard InChI is InChI=1S/C16H23NO/c1-12(2)18-16-11-13(9-10-17(3)4)14-7-5-6-8-15(14)16/h5-9,12,16H,10-11H2,1-4H3/b13-9+. The Balaban J connectivity index is 2.24. The summed E-state index contributed by atoms with van der Waals surface area (Å²) >= 11 is 0. The average molecular weight is 245 g/mol. The van der Waals surface area contributed by atoms with E-state index in [2.05, 4.69) is 63.2 Å². The van der Waals surface area contributed by atoms with Gasteiger partial charge in [0.05, 0.1) is 12.2 Å². The monoisotopic (exact) mass is 245 g/mol. The number of hydrogen-bond donors (Lipinski definition) is 0. The summed E-state index contributed by atoms with van der Waals surface area (Å²) < 4.78 is 6.02. The molecule has 0 bridgehead atoms. The third-order valence-electron chi connectivity index (χ3n) is 3.20. The van der Waals surface area contributed by atoms with Gasteiger partial charge >= 0.3 is 0 Å². The molecule has 1 unspecified atom stereocenters. The van der Waals surface area contributed by atoms with Crippen molar-refractivity contribution in [1.82, 2.24) is 4.90 Å². The van der Waals surface area contributed by atoms with Crippen molar-refractivity contribution in [2.75, 3.05) is 20.6 Å². The summed E-state index contributed by atoms with van der Waals surface area (Å²) in [4.78, 5) is 2.19. The molecular weight excluding hydrogens is 222 g/mol. The molecular formula is C16H23NO. The molecule has 2 heteroatoms. The Bertz CT molecular complexity index is 434. The van der Waals surface area contributed by atoms with Gasteiger partial charge in [-0.15, -0.1) is 0 Å². The van der Waals surface area contributed by atoms with Crippen LogP contribution in [-0.2, 0) is 4.74 Å². The van der Waals surface area contributed by atoms with Crippen LogP contribution in [0.3, 0.4) is 0 Å². The van der Waals surface area contributed by atoms with E-state index >= 15 is 0 Å². The minimum atomic E-state index is 0.231. The molecule has 0 aromatic heterocycles. The Hall–Kier alpha value is -1.12. The summed E-state index contributed by atoms with van der Waals surface area (Å²) in [5, 5.41) is 0. The largest absolute Gasteiger partial charge is 0.371 e. The van der Waals surface area contributed by atoms with E-state index in [0.29, 0.717) is 0 Å². The normalized spacial score (nSPS) is 21.0. The van der Waals surface area contributed by atoms with Crippen LogP contribution in [0.25, 0.3) is 5.57 Å². The van der Waals surface area contributed by atoms with Gasteiger partial charge in [-0.3, -0.25) is 0 Å². The van der Waals surface area contributed by atoms with Crippen LogP contribution >= 0.6 is 0 Å². The van der Waals surface area contributed by atoms with E-state index in [0.717, 1.165) is 13.0 Å². The quantitative estimate of drug-likeness (QED) is 0.805. The summed E-state index contributed by atoms with van der Waals surface area (Å²) in [5.41, 5.74) is 4.13. The van der Waals surface area contributed by atoms with Gasteiger partial charge in [0.25, 0.3) is 0 Å². The molecule has 0 heterocycles. The van der Waals surface area contributed by atoms with Crippen molar-refractivity contribution in [3.8, 4) is 0 Å². The zero-order chi connectivity index (χ0) is 13.1. The maximum atomic E-state index is 6.02. The van der Waals surface area contributed by atoms with Crippen LogP contribution in [-0.4, -0.2) is 31.6 Å². The first-order valence-electron chi connectivity index (χ1n) is 6.66. The topological polar surface area (TPSA) is 12.5 Å². The second kappa shape index (κ2) is 5.68. The first kappa shape index (κ1) is 13.3. The zero-order valence-corrected chi connectivity index (χ0v) is 11.8. The molecule has 98 valence electrons. The lowest BCUT2D eigenvalue weighted by Crippen LogP contribution is -2.11.